The van der Waals surface area contributed by atoms with Crippen molar-refractivity contribution in [3.05, 3.63) is 22.1 Å². The Bertz CT molecular complexity index is 728. The fourth-order valence-corrected chi connectivity index (χ4v) is 3.90. The molecule has 0 atom stereocenters. The Morgan fingerprint density at radius 3 is 2.87 bits per heavy atom. The second kappa shape index (κ2) is 8.46. The Hall–Kier alpha value is -1.39. The summed E-state index contributed by atoms with van der Waals surface area (Å²) in [6.45, 7) is 5.95. The molecule has 1 amide bonds. The third-order valence-corrected chi connectivity index (χ3v) is 5.32. The molecule has 10 heteroatoms. The Morgan fingerprint density at radius 1 is 1.39 bits per heavy atom. The molecule has 2 rings (SSSR count). The van der Waals surface area contributed by atoms with Gasteiger partial charge in [0.25, 0.3) is 5.56 Å². The zero-order valence-electron chi connectivity index (χ0n) is 13.0. The predicted molar refractivity (Wildman–Crippen MR) is 94.6 cm³/mol. The first kappa shape index (κ1) is 18.0. The topological polar surface area (TPSA) is 101 Å². The van der Waals surface area contributed by atoms with Crippen LogP contribution < -0.4 is 10.9 Å². The number of nitrogens with zero attached hydrogens (tertiary/aromatic N) is 3. The van der Waals surface area contributed by atoms with Crippen LogP contribution in [0.1, 0.15) is 32.4 Å². The van der Waals surface area contributed by atoms with Crippen LogP contribution >= 0.6 is 34.9 Å². The van der Waals surface area contributed by atoms with Crippen molar-refractivity contribution in [2.75, 3.05) is 16.8 Å². The minimum atomic E-state index is -0.211. The smallest absolute Gasteiger partial charge is 0.251 e. The molecule has 7 nitrogen and oxygen atoms in total. The molecule has 0 aliphatic rings. The molecule has 2 N–H and O–H groups in total. The molecule has 124 valence electrons. The van der Waals surface area contributed by atoms with Gasteiger partial charge in [-0.25, -0.2) is 4.98 Å². The number of nitrogens with one attached hydrogen (secondary N) is 2. The molecular weight excluding hydrogens is 354 g/mol. The lowest BCUT2D eigenvalue weighted by Crippen LogP contribution is -2.16. The van der Waals surface area contributed by atoms with Gasteiger partial charge in [0.1, 0.15) is 0 Å². The molecule has 2 aromatic heterocycles. The van der Waals surface area contributed by atoms with Gasteiger partial charge in [-0.1, -0.05) is 55.6 Å². The fraction of sp³-hybridized carbons (Fsp3) is 0.462. The number of aromatic nitrogens is 4. The highest BCUT2D eigenvalue weighted by atomic mass is 32.2. The highest BCUT2D eigenvalue weighted by Gasteiger charge is 2.11. The first-order valence-electron chi connectivity index (χ1n) is 6.98. The van der Waals surface area contributed by atoms with Crippen molar-refractivity contribution in [3.8, 4) is 0 Å². The molecule has 0 bridgehead atoms. The summed E-state index contributed by atoms with van der Waals surface area (Å²) in [5.41, 5.74) is 0.499. The third kappa shape index (κ3) is 5.63. The van der Waals surface area contributed by atoms with Crippen LogP contribution in [0.5, 0.6) is 0 Å². The van der Waals surface area contributed by atoms with Gasteiger partial charge in [-0.15, -0.1) is 10.2 Å². The number of anilines is 1. The lowest BCUT2D eigenvalue weighted by atomic mass is 10.1. The molecule has 0 spiro atoms. The van der Waals surface area contributed by atoms with Crippen LogP contribution in [0.15, 0.2) is 20.4 Å². The number of amides is 1. The van der Waals surface area contributed by atoms with E-state index in [1.807, 2.05) is 20.8 Å². The van der Waals surface area contributed by atoms with E-state index in [4.69, 9.17) is 0 Å². The minimum Gasteiger partial charge on any atom is -0.301 e. The normalized spacial score (nSPS) is 11.0. The molecule has 2 heterocycles. The zero-order valence-corrected chi connectivity index (χ0v) is 15.4. The van der Waals surface area contributed by atoms with Gasteiger partial charge in [-0.3, -0.25) is 14.9 Å². The number of carbonyl (C=O) groups excluding carboxylic acids is 1. The number of hydrogen-bond donors (Lipinski definition) is 2. The van der Waals surface area contributed by atoms with Gasteiger partial charge in [0.15, 0.2) is 9.50 Å². The number of aromatic amines is 1. The molecule has 0 aliphatic heterocycles. The van der Waals surface area contributed by atoms with Gasteiger partial charge >= 0.3 is 0 Å². The van der Waals surface area contributed by atoms with E-state index >= 15 is 0 Å². The number of carbonyl (C=O) groups is 1. The molecule has 0 fully saturated rings. The van der Waals surface area contributed by atoms with Crippen LogP contribution in [0.2, 0.25) is 0 Å². The van der Waals surface area contributed by atoms with E-state index in [1.165, 1.54) is 29.2 Å². The lowest BCUT2D eigenvalue weighted by Gasteiger charge is -2.06. The Balaban J connectivity index is 1.92. The van der Waals surface area contributed by atoms with Crippen LogP contribution in [0.4, 0.5) is 5.13 Å². The molecule has 2 aromatic rings. The van der Waals surface area contributed by atoms with Crippen LogP contribution in [0.3, 0.4) is 0 Å². The van der Waals surface area contributed by atoms with Crippen LogP contribution in [0.25, 0.3) is 0 Å². The average molecular weight is 372 g/mol. The maximum absolute atomic E-state index is 11.9. The van der Waals surface area contributed by atoms with Crippen molar-refractivity contribution in [2.45, 2.75) is 36.2 Å². The molecule has 23 heavy (non-hydrogen) atoms. The lowest BCUT2D eigenvalue weighted by molar-refractivity contribution is -0.113. The summed E-state index contributed by atoms with van der Waals surface area (Å²) >= 11 is 4.10. The van der Waals surface area contributed by atoms with Crippen LogP contribution in [-0.4, -0.2) is 37.6 Å². The molecule has 0 saturated heterocycles. The predicted octanol–water partition coefficient (Wildman–Crippen LogP) is 2.59. The Kier molecular flexibility index (Phi) is 6.60. The molecule has 0 radical (unpaired) electrons. The first-order chi connectivity index (χ1) is 11.0. The van der Waals surface area contributed by atoms with Crippen molar-refractivity contribution in [1.82, 2.24) is 20.2 Å². The molecule has 0 unspecified atom stereocenters. The van der Waals surface area contributed by atoms with Gasteiger partial charge < -0.3 is 4.98 Å². The van der Waals surface area contributed by atoms with Gasteiger partial charge in [0.2, 0.25) is 11.0 Å². The number of hydrogen-bond acceptors (Lipinski definition) is 8. The maximum atomic E-state index is 11.9. The summed E-state index contributed by atoms with van der Waals surface area (Å²) in [5.74, 6) is 0.988. The van der Waals surface area contributed by atoms with Crippen LogP contribution in [-0.2, 0) is 4.79 Å². The standard InChI is InChI=1S/C13H17N5O2S3/c1-4-21-13-18-17-12(23-13)16-10(20)6-22-11-14-8(7(2)3)5-9(19)15-11/h5,7H,4,6H2,1-3H3,(H,14,15,19)(H,16,17,20). The van der Waals surface area contributed by atoms with Gasteiger partial charge in [-0.05, 0) is 11.7 Å². The number of H-pyrrole nitrogens is 1. The summed E-state index contributed by atoms with van der Waals surface area (Å²) in [6, 6.07) is 1.48. The quantitative estimate of drug-likeness (QED) is 0.438. The minimum absolute atomic E-state index is 0.139. The highest BCUT2D eigenvalue weighted by molar-refractivity contribution is 8.01. The van der Waals surface area contributed by atoms with Crippen molar-refractivity contribution < 1.29 is 4.79 Å². The highest BCUT2D eigenvalue weighted by Crippen LogP contribution is 2.25. The summed E-state index contributed by atoms with van der Waals surface area (Å²) in [6.07, 6.45) is 0. The van der Waals surface area contributed by atoms with E-state index in [0.29, 0.717) is 16.0 Å². The van der Waals surface area contributed by atoms with Crippen molar-refractivity contribution in [1.29, 1.82) is 0 Å². The van der Waals surface area contributed by atoms with Crippen molar-refractivity contribution in [3.63, 3.8) is 0 Å². The zero-order chi connectivity index (χ0) is 16.8. The summed E-state index contributed by atoms with van der Waals surface area (Å²) in [7, 11) is 0. The van der Waals surface area contributed by atoms with E-state index in [9.17, 15) is 9.59 Å². The number of rotatable bonds is 7. The maximum Gasteiger partial charge on any atom is 0.251 e. The second-order valence-corrected chi connectivity index (χ2v) is 8.23. The molecule has 0 saturated carbocycles. The van der Waals surface area contributed by atoms with E-state index < -0.39 is 0 Å². The second-order valence-electron chi connectivity index (χ2n) is 4.77. The molecular formula is C13H17N5O2S3. The first-order valence-corrected chi connectivity index (χ1v) is 9.77. The monoisotopic (exact) mass is 371 g/mol. The number of thioether (sulfide) groups is 2. The van der Waals surface area contributed by atoms with E-state index in [-0.39, 0.29) is 23.1 Å². The van der Waals surface area contributed by atoms with Gasteiger partial charge in [0, 0.05) is 6.07 Å². The van der Waals surface area contributed by atoms with Gasteiger partial charge in [-0.2, -0.15) is 0 Å². The Labute approximate surface area is 146 Å². The van der Waals surface area contributed by atoms with Crippen molar-refractivity contribution >= 4 is 45.9 Å². The van der Waals surface area contributed by atoms with Gasteiger partial charge in [0.05, 0.1) is 11.4 Å². The summed E-state index contributed by atoms with van der Waals surface area (Å²) in [4.78, 5) is 30.5. The summed E-state index contributed by atoms with van der Waals surface area (Å²) < 4.78 is 0.825. The summed E-state index contributed by atoms with van der Waals surface area (Å²) in [5, 5.41) is 11.5. The average Bonchev–Trinajstić information content (AvgIpc) is 2.92. The fourth-order valence-electron chi connectivity index (χ4n) is 1.55. The van der Waals surface area contributed by atoms with E-state index in [0.717, 1.165) is 10.1 Å². The SMILES string of the molecule is CCSc1nnc(NC(=O)CSc2nc(C(C)C)cc(=O)[nH]2)s1. The largest absolute Gasteiger partial charge is 0.301 e. The van der Waals surface area contributed by atoms with Crippen molar-refractivity contribution in [2.24, 2.45) is 0 Å². The Morgan fingerprint density at radius 2 is 2.17 bits per heavy atom. The molecule has 0 aromatic carbocycles. The molecule has 0 aliphatic carbocycles. The van der Waals surface area contributed by atoms with Crippen LogP contribution in [0, 0.1) is 0 Å². The third-order valence-electron chi connectivity index (χ3n) is 2.59. The van der Waals surface area contributed by atoms with E-state index in [2.05, 4.69) is 25.5 Å². The van der Waals surface area contributed by atoms with E-state index in [1.54, 1.807) is 11.8 Å².